The summed E-state index contributed by atoms with van der Waals surface area (Å²) >= 11 is 0. The van der Waals surface area contributed by atoms with Crippen molar-refractivity contribution < 1.29 is 4.48 Å². The van der Waals surface area contributed by atoms with Crippen LogP contribution in [0, 0.1) is 0 Å². The van der Waals surface area contributed by atoms with E-state index in [0.717, 1.165) is 0 Å². The Morgan fingerprint density at radius 2 is 0.254 bits per heavy atom. The monoisotopic (exact) mass is 831 g/mol. The molecule has 59 heavy (non-hydrogen) atoms. The molecule has 0 spiro atoms. The van der Waals surface area contributed by atoms with Crippen LogP contribution in [0.25, 0.3) is 0 Å². The molecule has 0 atom stereocenters. The third-order valence-corrected chi connectivity index (χ3v) is 14.2. The predicted octanol–water partition coefficient (Wildman–Crippen LogP) is 21.4. The van der Waals surface area contributed by atoms with Crippen LogP contribution in [0.2, 0.25) is 0 Å². The molecule has 0 rings (SSSR count). The maximum absolute atomic E-state index is 2.49. The Hall–Kier alpha value is -0.0400. The molecular formula is C58H120N+. The summed E-state index contributed by atoms with van der Waals surface area (Å²) < 4.78 is 1.25. The van der Waals surface area contributed by atoms with Crippen molar-refractivity contribution in [3.63, 3.8) is 0 Å². The zero-order valence-corrected chi connectivity index (χ0v) is 42.6. The summed E-state index contributed by atoms with van der Waals surface area (Å²) in [6, 6.07) is 0. The summed E-state index contributed by atoms with van der Waals surface area (Å²) in [6.07, 6.45) is 76.9. The van der Waals surface area contributed by atoms with Crippen LogP contribution < -0.4 is 0 Å². The zero-order chi connectivity index (χ0) is 42.7. The summed E-state index contributed by atoms with van der Waals surface area (Å²) in [5.74, 6) is 0. The highest BCUT2D eigenvalue weighted by Crippen LogP contribution is 2.19. The van der Waals surface area contributed by atoms with E-state index >= 15 is 0 Å². The second-order valence-corrected chi connectivity index (χ2v) is 21.1. The number of rotatable bonds is 54. The van der Waals surface area contributed by atoms with Gasteiger partial charge in [-0.2, -0.15) is 0 Å². The lowest BCUT2D eigenvalue weighted by atomic mass is 10.0. The quantitative estimate of drug-likeness (QED) is 0.0423. The second kappa shape index (κ2) is 52.3. The van der Waals surface area contributed by atoms with Crippen molar-refractivity contribution in [1.29, 1.82) is 0 Å². The molecule has 0 radical (unpaired) electrons. The van der Waals surface area contributed by atoms with Crippen LogP contribution in [0.15, 0.2) is 0 Å². The molecule has 0 aromatic heterocycles. The van der Waals surface area contributed by atoms with Gasteiger partial charge in [-0.05, 0) is 25.7 Å². The fourth-order valence-electron chi connectivity index (χ4n) is 9.82. The van der Waals surface area contributed by atoms with Gasteiger partial charge in [-0.1, -0.05) is 322 Å². The van der Waals surface area contributed by atoms with Gasteiger partial charge in [0.15, 0.2) is 0 Å². The molecule has 0 aliphatic rings. The first-order chi connectivity index (χ1) is 29.1. The topological polar surface area (TPSA) is 0 Å². The van der Waals surface area contributed by atoms with Gasteiger partial charge in [-0.25, -0.2) is 0 Å². The van der Waals surface area contributed by atoms with E-state index in [1.54, 1.807) is 0 Å². The lowest BCUT2D eigenvalue weighted by molar-refractivity contribution is -0.890. The third-order valence-electron chi connectivity index (χ3n) is 14.2. The van der Waals surface area contributed by atoms with E-state index < -0.39 is 0 Å². The smallest absolute Gasteiger partial charge is 0.0782 e. The predicted molar refractivity (Wildman–Crippen MR) is 273 cm³/mol. The van der Waals surface area contributed by atoms with E-state index in [-0.39, 0.29) is 0 Å². The first-order valence-corrected chi connectivity index (χ1v) is 28.9. The molecule has 0 bridgehead atoms. The Bertz CT molecular complexity index is 654. The van der Waals surface area contributed by atoms with Crippen molar-refractivity contribution in [2.45, 2.75) is 348 Å². The van der Waals surface area contributed by atoms with Gasteiger partial charge in [0.05, 0.1) is 27.2 Å². The second-order valence-electron chi connectivity index (χ2n) is 21.1. The maximum Gasteiger partial charge on any atom is 0.0782 e. The third kappa shape index (κ3) is 54.0. The van der Waals surface area contributed by atoms with Crippen LogP contribution in [0.3, 0.4) is 0 Å². The molecule has 0 aromatic carbocycles. The molecule has 356 valence electrons. The summed E-state index contributed by atoms with van der Waals surface area (Å²) in [5.41, 5.74) is 0. The molecule has 0 amide bonds. The van der Waals surface area contributed by atoms with E-state index in [9.17, 15) is 0 Å². The van der Waals surface area contributed by atoms with Gasteiger partial charge < -0.3 is 4.48 Å². The Morgan fingerprint density at radius 1 is 0.153 bits per heavy atom. The lowest BCUT2D eigenvalue weighted by Gasteiger charge is -2.30. The van der Waals surface area contributed by atoms with Crippen LogP contribution in [-0.4, -0.2) is 31.7 Å². The van der Waals surface area contributed by atoms with Crippen molar-refractivity contribution in [1.82, 2.24) is 0 Å². The maximum atomic E-state index is 2.49. The zero-order valence-electron chi connectivity index (χ0n) is 42.6. The Kier molecular flexibility index (Phi) is 52.3. The highest BCUT2D eigenvalue weighted by atomic mass is 15.3. The number of nitrogens with zero attached hydrogens (tertiary/aromatic N) is 1. The van der Waals surface area contributed by atoms with Crippen molar-refractivity contribution in [3.05, 3.63) is 0 Å². The summed E-state index contributed by atoms with van der Waals surface area (Å²) in [5, 5.41) is 0. The van der Waals surface area contributed by atoms with E-state index in [4.69, 9.17) is 0 Å². The first kappa shape index (κ1) is 59.0. The molecule has 0 heterocycles. The molecule has 0 N–H and O–H groups in total. The first-order valence-electron chi connectivity index (χ1n) is 28.9. The SMILES string of the molecule is CCCCCCCCCCCCCCCCCCCCCCCCCCCC[N+](C)(C)CCCCCCCCCCCCCCCCCCCCCCCCCCCC. The normalized spacial score (nSPS) is 12.0. The number of unbranched alkanes of at least 4 members (excludes halogenated alkanes) is 50. The van der Waals surface area contributed by atoms with Gasteiger partial charge in [0.2, 0.25) is 0 Å². The average Bonchev–Trinajstić information content (AvgIpc) is 3.23. The molecule has 0 fully saturated rings. The van der Waals surface area contributed by atoms with E-state index in [1.807, 2.05) is 0 Å². The van der Waals surface area contributed by atoms with Crippen molar-refractivity contribution in [2.24, 2.45) is 0 Å². The average molecular weight is 832 g/mol. The lowest BCUT2D eigenvalue weighted by Crippen LogP contribution is -2.41. The van der Waals surface area contributed by atoms with Crippen molar-refractivity contribution in [2.75, 3.05) is 27.2 Å². The molecule has 0 saturated carbocycles. The van der Waals surface area contributed by atoms with Gasteiger partial charge in [0, 0.05) is 0 Å². The van der Waals surface area contributed by atoms with Crippen LogP contribution in [0.5, 0.6) is 0 Å². The van der Waals surface area contributed by atoms with Crippen LogP contribution >= 0.6 is 0 Å². The van der Waals surface area contributed by atoms with Crippen LogP contribution in [0.4, 0.5) is 0 Å². The summed E-state index contributed by atoms with van der Waals surface area (Å²) in [4.78, 5) is 0. The minimum atomic E-state index is 1.25. The Balaban J connectivity index is 3.22. The number of hydrogen-bond acceptors (Lipinski definition) is 0. The van der Waals surface area contributed by atoms with Gasteiger partial charge >= 0.3 is 0 Å². The van der Waals surface area contributed by atoms with Crippen LogP contribution in [0.1, 0.15) is 348 Å². The molecule has 0 aliphatic heterocycles. The highest BCUT2D eigenvalue weighted by Gasteiger charge is 2.13. The van der Waals surface area contributed by atoms with E-state index in [2.05, 4.69) is 27.9 Å². The molecule has 1 nitrogen and oxygen atoms in total. The Morgan fingerprint density at radius 3 is 0.373 bits per heavy atom. The van der Waals surface area contributed by atoms with E-state index in [1.165, 1.54) is 351 Å². The summed E-state index contributed by atoms with van der Waals surface area (Å²) in [6.45, 7) is 7.40. The summed E-state index contributed by atoms with van der Waals surface area (Å²) in [7, 11) is 4.97. The minimum absolute atomic E-state index is 1.25. The fourth-order valence-corrected chi connectivity index (χ4v) is 9.82. The molecule has 0 aliphatic carbocycles. The van der Waals surface area contributed by atoms with Crippen molar-refractivity contribution in [3.8, 4) is 0 Å². The molecule has 1 heteroatoms. The number of quaternary nitrogens is 1. The molecule has 0 saturated heterocycles. The minimum Gasteiger partial charge on any atom is -0.328 e. The molecular weight excluding hydrogens is 711 g/mol. The Labute approximate surface area is 378 Å². The highest BCUT2D eigenvalue weighted by molar-refractivity contribution is 4.55. The molecule has 0 aromatic rings. The van der Waals surface area contributed by atoms with Gasteiger partial charge in [0.25, 0.3) is 0 Å². The fraction of sp³-hybridized carbons (Fsp3) is 1.00. The van der Waals surface area contributed by atoms with Crippen molar-refractivity contribution >= 4 is 0 Å². The van der Waals surface area contributed by atoms with E-state index in [0.29, 0.717) is 0 Å². The van der Waals surface area contributed by atoms with Gasteiger partial charge in [0.1, 0.15) is 0 Å². The largest absolute Gasteiger partial charge is 0.328 e. The van der Waals surface area contributed by atoms with Gasteiger partial charge in [-0.15, -0.1) is 0 Å². The van der Waals surface area contributed by atoms with Crippen LogP contribution in [-0.2, 0) is 0 Å². The standard InChI is InChI=1S/C58H120N/c1-5-7-9-11-13-15-17-19-21-23-25-27-29-31-33-35-37-39-41-43-45-47-49-51-53-55-57-59(3,4)58-56-54-52-50-48-46-44-42-40-38-36-34-32-30-28-26-24-22-20-18-16-14-12-10-8-6-2/h5-58H2,1-4H3/q+1. The van der Waals surface area contributed by atoms with Gasteiger partial charge in [-0.3, -0.25) is 0 Å². The number of hydrogen-bond donors (Lipinski definition) is 0. The molecule has 0 unspecified atom stereocenters.